The minimum atomic E-state index is 0.254. The minimum Gasteiger partial charge on any atom is -0.487 e. The summed E-state index contributed by atoms with van der Waals surface area (Å²) in [7, 11) is 0. The Hall–Kier alpha value is -0.0600. The van der Waals surface area contributed by atoms with E-state index in [1.54, 1.807) is 0 Å². The topological polar surface area (TPSA) is 21.3 Å². The molecule has 0 saturated heterocycles. The van der Waals surface area contributed by atoms with Crippen molar-refractivity contribution in [1.82, 2.24) is 5.32 Å². The van der Waals surface area contributed by atoms with Gasteiger partial charge in [0.2, 0.25) is 0 Å². The van der Waals surface area contributed by atoms with Crippen molar-refractivity contribution in [2.45, 2.75) is 58.6 Å². The van der Waals surface area contributed by atoms with Crippen LogP contribution >= 0.6 is 31.9 Å². The van der Waals surface area contributed by atoms with Gasteiger partial charge in [0.25, 0.3) is 0 Å². The zero-order valence-electron chi connectivity index (χ0n) is 13.1. The monoisotopic (exact) mass is 417 g/mol. The van der Waals surface area contributed by atoms with Gasteiger partial charge in [-0.3, -0.25) is 0 Å². The highest BCUT2D eigenvalue weighted by molar-refractivity contribution is 9.11. The van der Waals surface area contributed by atoms with E-state index in [4.69, 9.17) is 4.74 Å². The summed E-state index contributed by atoms with van der Waals surface area (Å²) in [6.45, 7) is 7.89. The van der Waals surface area contributed by atoms with E-state index in [0.29, 0.717) is 6.04 Å². The summed E-state index contributed by atoms with van der Waals surface area (Å²) in [6, 6.07) is 6.66. The maximum Gasteiger partial charge on any atom is 0.148 e. The Bertz CT molecular complexity index is 454. The third kappa shape index (κ3) is 3.32. The first kappa shape index (κ1) is 17.3. The Morgan fingerprint density at radius 2 is 1.81 bits per heavy atom. The molecule has 2 nitrogen and oxygen atoms in total. The molecule has 4 heteroatoms. The molecule has 1 fully saturated rings. The number of nitrogens with one attached hydrogen (secondary N) is 1. The van der Waals surface area contributed by atoms with Crippen LogP contribution in [0.4, 0.5) is 0 Å². The molecule has 0 aromatic heterocycles. The molecule has 1 aliphatic carbocycles. The molecule has 1 aliphatic rings. The highest BCUT2D eigenvalue weighted by Gasteiger charge is 2.54. The van der Waals surface area contributed by atoms with Crippen molar-refractivity contribution in [2.75, 3.05) is 6.54 Å². The molecule has 0 aliphatic heterocycles. The molecule has 0 radical (unpaired) electrons. The summed E-state index contributed by atoms with van der Waals surface area (Å²) < 4.78 is 8.42. The second-order valence-electron chi connectivity index (χ2n) is 5.84. The van der Waals surface area contributed by atoms with Gasteiger partial charge in [-0.15, -0.1) is 0 Å². The predicted octanol–water partition coefficient (Wildman–Crippen LogP) is 5.54. The van der Waals surface area contributed by atoms with Crippen molar-refractivity contribution in [3.63, 3.8) is 0 Å². The smallest absolute Gasteiger partial charge is 0.148 e. The number of ether oxygens (including phenoxy) is 1. The fourth-order valence-electron chi connectivity index (χ4n) is 3.45. The molecule has 1 saturated carbocycles. The molecule has 21 heavy (non-hydrogen) atoms. The van der Waals surface area contributed by atoms with Gasteiger partial charge in [-0.2, -0.15) is 0 Å². The summed E-state index contributed by atoms with van der Waals surface area (Å²) in [5, 5.41) is 3.70. The van der Waals surface area contributed by atoms with Gasteiger partial charge in [-0.1, -0.05) is 26.8 Å². The van der Waals surface area contributed by atoms with Crippen LogP contribution in [-0.2, 0) is 0 Å². The predicted molar refractivity (Wildman–Crippen MR) is 96.0 cm³/mol. The molecule has 118 valence electrons. The van der Waals surface area contributed by atoms with Crippen LogP contribution in [0.15, 0.2) is 27.1 Å². The molecular formula is C17H25Br2NO. The van der Waals surface area contributed by atoms with Gasteiger partial charge in [0, 0.05) is 17.9 Å². The zero-order valence-corrected chi connectivity index (χ0v) is 16.3. The van der Waals surface area contributed by atoms with Gasteiger partial charge in [0.1, 0.15) is 11.9 Å². The molecule has 2 rings (SSSR count). The molecule has 2 unspecified atom stereocenters. The van der Waals surface area contributed by atoms with Crippen LogP contribution in [0.2, 0.25) is 0 Å². The van der Waals surface area contributed by atoms with Gasteiger partial charge < -0.3 is 10.1 Å². The van der Waals surface area contributed by atoms with E-state index in [0.717, 1.165) is 40.5 Å². The largest absolute Gasteiger partial charge is 0.487 e. The maximum atomic E-state index is 6.39. The maximum absolute atomic E-state index is 6.39. The fourth-order valence-corrected chi connectivity index (χ4v) is 4.64. The Kier molecular flexibility index (Phi) is 6.15. The Balaban J connectivity index is 2.13. The normalized spacial score (nSPS) is 23.7. The molecule has 0 amide bonds. The van der Waals surface area contributed by atoms with Crippen LogP contribution in [-0.4, -0.2) is 18.7 Å². The van der Waals surface area contributed by atoms with Gasteiger partial charge >= 0.3 is 0 Å². The lowest BCUT2D eigenvalue weighted by Crippen LogP contribution is -2.64. The number of rotatable bonds is 7. The Morgan fingerprint density at radius 3 is 2.33 bits per heavy atom. The zero-order chi connectivity index (χ0) is 15.5. The molecule has 1 N–H and O–H groups in total. The van der Waals surface area contributed by atoms with Gasteiger partial charge in [-0.05, 0) is 69.8 Å². The SMILES string of the molecule is CCCNC1CC(Oc2c(Br)cccc2Br)C1(CC)CC. The van der Waals surface area contributed by atoms with Crippen LogP contribution in [0, 0.1) is 5.41 Å². The highest BCUT2D eigenvalue weighted by Crippen LogP contribution is 2.50. The minimum absolute atomic E-state index is 0.254. The van der Waals surface area contributed by atoms with E-state index in [2.05, 4.69) is 57.9 Å². The van der Waals surface area contributed by atoms with Crippen molar-refractivity contribution in [2.24, 2.45) is 5.41 Å². The van der Waals surface area contributed by atoms with Crippen molar-refractivity contribution in [3.05, 3.63) is 27.1 Å². The van der Waals surface area contributed by atoms with E-state index in [1.165, 1.54) is 6.42 Å². The first-order valence-corrected chi connectivity index (χ1v) is 9.51. The van der Waals surface area contributed by atoms with E-state index < -0.39 is 0 Å². The van der Waals surface area contributed by atoms with E-state index in [-0.39, 0.29) is 11.5 Å². The summed E-state index contributed by atoms with van der Waals surface area (Å²) in [4.78, 5) is 0. The van der Waals surface area contributed by atoms with Crippen molar-refractivity contribution in [3.8, 4) is 5.75 Å². The van der Waals surface area contributed by atoms with E-state index >= 15 is 0 Å². The second kappa shape index (κ2) is 7.47. The van der Waals surface area contributed by atoms with E-state index in [9.17, 15) is 0 Å². The van der Waals surface area contributed by atoms with Crippen molar-refractivity contribution < 1.29 is 4.74 Å². The van der Waals surface area contributed by atoms with Crippen LogP contribution in [0.5, 0.6) is 5.75 Å². The lowest BCUT2D eigenvalue weighted by molar-refractivity contribution is -0.0864. The summed E-state index contributed by atoms with van der Waals surface area (Å²) >= 11 is 7.19. The molecule has 2 atom stereocenters. The van der Waals surface area contributed by atoms with Crippen LogP contribution in [0.1, 0.15) is 46.5 Å². The standard InChI is InChI=1S/C17H25Br2NO/c1-4-10-20-14-11-15(17(14,5-2)6-3)21-16-12(18)8-7-9-13(16)19/h7-9,14-15,20H,4-6,10-11H2,1-3H3. The van der Waals surface area contributed by atoms with Crippen LogP contribution < -0.4 is 10.1 Å². The molecule has 0 heterocycles. The number of para-hydroxylation sites is 1. The third-order valence-electron chi connectivity index (χ3n) is 4.92. The van der Waals surface area contributed by atoms with Gasteiger partial charge in [-0.25, -0.2) is 0 Å². The first-order chi connectivity index (χ1) is 10.1. The Labute approximate surface area is 145 Å². The number of benzene rings is 1. The molecule has 0 bridgehead atoms. The van der Waals surface area contributed by atoms with E-state index in [1.807, 2.05) is 18.2 Å². The summed E-state index contributed by atoms with van der Waals surface area (Å²) in [6.07, 6.45) is 4.86. The molecule has 0 spiro atoms. The number of hydrogen-bond donors (Lipinski definition) is 1. The number of halogens is 2. The second-order valence-corrected chi connectivity index (χ2v) is 7.55. The van der Waals surface area contributed by atoms with Gasteiger partial charge in [0.05, 0.1) is 8.95 Å². The average Bonchev–Trinajstić information content (AvgIpc) is 2.46. The first-order valence-electron chi connectivity index (χ1n) is 7.93. The molecule has 1 aromatic carbocycles. The highest BCUT2D eigenvalue weighted by atomic mass is 79.9. The van der Waals surface area contributed by atoms with Gasteiger partial charge in [0.15, 0.2) is 0 Å². The van der Waals surface area contributed by atoms with Crippen LogP contribution in [0.25, 0.3) is 0 Å². The quantitative estimate of drug-likeness (QED) is 0.627. The average molecular weight is 419 g/mol. The summed E-state index contributed by atoms with van der Waals surface area (Å²) in [5.41, 5.74) is 0.254. The van der Waals surface area contributed by atoms with Crippen molar-refractivity contribution in [1.29, 1.82) is 0 Å². The summed E-state index contributed by atoms with van der Waals surface area (Å²) in [5.74, 6) is 0.933. The lowest BCUT2D eigenvalue weighted by Gasteiger charge is -2.55. The molecule has 1 aromatic rings. The van der Waals surface area contributed by atoms with Crippen LogP contribution in [0.3, 0.4) is 0 Å². The Morgan fingerprint density at radius 1 is 1.19 bits per heavy atom. The lowest BCUT2D eigenvalue weighted by atomic mass is 9.58. The fraction of sp³-hybridized carbons (Fsp3) is 0.647. The van der Waals surface area contributed by atoms with Crippen molar-refractivity contribution >= 4 is 31.9 Å². The molecular weight excluding hydrogens is 394 g/mol. The third-order valence-corrected chi connectivity index (χ3v) is 6.17. The number of hydrogen-bond acceptors (Lipinski definition) is 2.